The predicted octanol–water partition coefficient (Wildman–Crippen LogP) is 9.35. The first-order chi connectivity index (χ1) is 14.2. The van der Waals surface area contributed by atoms with Crippen molar-refractivity contribution in [3.63, 3.8) is 0 Å². The van der Waals surface area contributed by atoms with Gasteiger partial charge in [-0.05, 0) is 77.0 Å². The maximum atomic E-state index is 2.52. The summed E-state index contributed by atoms with van der Waals surface area (Å²) in [4.78, 5) is 0. The van der Waals surface area contributed by atoms with Crippen molar-refractivity contribution in [2.75, 3.05) is 0 Å². The van der Waals surface area contributed by atoms with E-state index in [0.717, 1.165) is 0 Å². The summed E-state index contributed by atoms with van der Waals surface area (Å²) in [6, 6.07) is 10.5. The summed E-state index contributed by atoms with van der Waals surface area (Å²) in [6.07, 6.45) is 23.8. The van der Waals surface area contributed by atoms with Gasteiger partial charge < -0.3 is 0 Å². The molecule has 3 fully saturated rings. The molecule has 1 aromatic carbocycles. The summed E-state index contributed by atoms with van der Waals surface area (Å²) in [5.74, 6) is 0. The van der Waals surface area contributed by atoms with Crippen molar-refractivity contribution in [2.45, 2.75) is 113 Å². The Kier molecular flexibility index (Phi) is 12.8. The zero-order chi connectivity index (χ0) is 20.3. The first-order valence-electron chi connectivity index (χ1n) is 12.0. The average Bonchev–Trinajstić information content (AvgIpc) is 2.77. The second-order valence-electron chi connectivity index (χ2n) is 9.22. The second kappa shape index (κ2) is 14.7. The van der Waals surface area contributed by atoms with E-state index in [1.807, 2.05) is 0 Å². The number of halogens is 2. The number of rotatable bonds is 4. The van der Waals surface area contributed by atoms with Crippen molar-refractivity contribution < 1.29 is 8.47 Å². The van der Waals surface area contributed by atoms with Gasteiger partial charge in [0, 0.05) is 7.92 Å². The van der Waals surface area contributed by atoms with Crippen LogP contribution in [0.3, 0.4) is 0 Å². The Balaban J connectivity index is 0.000000204. The Morgan fingerprint density at radius 3 is 1.34 bits per heavy atom. The molecule has 166 valence electrons. The normalized spacial score (nSPS) is 22.7. The van der Waals surface area contributed by atoms with Gasteiger partial charge in [0.2, 0.25) is 0 Å². The van der Waals surface area contributed by atoms with Crippen LogP contribution >= 0.6 is 47.4 Å². The molecule has 0 radical (unpaired) electrons. The van der Waals surface area contributed by atoms with Crippen LogP contribution in [-0.2, 0) is 8.47 Å². The van der Waals surface area contributed by atoms with E-state index in [9.17, 15) is 0 Å². The molecule has 0 nitrogen and oxygen atoms in total. The second-order valence-corrected chi connectivity index (χ2v) is 32.5. The molecule has 0 aromatic heterocycles. The van der Waals surface area contributed by atoms with Crippen molar-refractivity contribution in [2.24, 2.45) is 0 Å². The van der Waals surface area contributed by atoms with Gasteiger partial charge >= 0.3 is 88.5 Å². The minimum atomic E-state index is -0.619. The Morgan fingerprint density at radius 2 is 1.00 bits per heavy atom. The van der Waals surface area contributed by atoms with Gasteiger partial charge in [0.15, 0.2) is 0 Å². The van der Waals surface area contributed by atoms with E-state index >= 15 is 0 Å². The first kappa shape index (κ1) is 25.2. The van der Waals surface area contributed by atoms with Crippen LogP contribution in [0.2, 0.25) is 0 Å². The minimum absolute atomic E-state index is 0.0465. The molecule has 0 saturated heterocycles. The molecule has 0 unspecified atom stereocenters. The number of hydrogen-bond donors (Lipinski definition) is 0. The van der Waals surface area contributed by atoms with E-state index in [0.29, 0.717) is 0 Å². The van der Waals surface area contributed by atoms with Crippen LogP contribution in [0.15, 0.2) is 30.3 Å². The molecule has 0 heterocycles. The summed E-state index contributed by atoms with van der Waals surface area (Å²) in [6.45, 7) is 0. The molecule has 3 aliphatic rings. The van der Waals surface area contributed by atoms with Crippen LogP contribution in [0.1, 0.15) is 102 Å². The zero-order valence-electron chi connectivity index (χ0n) is 17.9. The van der Waals surface area contributed by atoms with Crippen LogP contribution in [0.5, 0.6) is 0 Å². The third kappa shape index (κ3) is 9.17. The fourth-order valence-electron chi connectivity index (χ4n) is 5.92. The monoisotopic (exact) mass is 727 g/mol. The maximum absolute atomic E-state index is 2.52. The van der Waals surface area contributed by atoms with Crippen LogP contribution < -0.4 is 0 Å². The van der Waals surface area contributed by atoms with E-state index in [1.54, 1.807) is 96.3 Å². The fraction of sp³-hybridized carbons (Fsp3) is 0.720. The third-order valence-electron chi connectivity index (χ3n) is 7.22. The van der Waals surface area contributed by atoms with Gasteiger partial charge in [0.1, 0.15) is 0 Å². The third-order valence-corrected chi connectivity index (χ3v) is 15.3. The molecule has 0 spiro atoms. The first-order valence-corrected chi connectivity index (χ1v) is 25.1. The molecule has 0 aliphatic heterocycles. The van der Waals surface area contributed by atoms with Gasteiger partial charge in [-0.3, -0.25) is 0 Å². The molecular formula is C25H40I2PRu+. The van der Waals surface area contributed by atoms with E-state index in [4.69, 9.17) is 0 Å². The summed E-state index contributed by atoms with van der Waals surface area (Å²) < 4.78 is 2.37. The van der Waals surface area contributed by atoms with Gasteiger partial charge in [-0.1, -0.05) is 19.3 Å². The van der Waals surface area contributed by atoms with Gasteiger partial charge in [-0.15, -0.1) is 0 Å². The summed E-state index contributed by atoms with van der Waals surface area (Å²) in [5, 5.41) is 0. The number of benzene rings is 1. The molecule has 3 saturated carbocycles. The molecule has 0 atom stereocenters. The van der Waals surface area contributed by atoms with Crippen molar-refractivity contribution in [1.82, 2.24) is 0 Å². The summed E-state index contributed by atoms with van der Waals surface area (Å²) in [5.41, 5.74) is 5.05. The zero-order valence-corrected chi connectivity index (χ0v) is 25.0. The molecular weight excluding hydrogens is 686 g/mol. The Hall–Kier alpha value is 1.60. The molecule has 0 amide bonds. The quantitative estimate of drug-likeness (QED) is 0.165. The van der Waals surface area contributed by atoms with Crippen molar-refractivity contribution in [3.05, 3.63) is 35.9 Å². The van der Waals surface area contributed by atoms with Crippen LogP contribution in [0.4, 0.5) is 0 Å². The topological polar surface area (TPSA) is 0 Å². The van der Waals surface area contributed by atoms with Crippen LogP contribution in [0, 0.1) is 0 Å². The van der Waals surface area contributed by atoms with E-state index in [1.165, 1.54) is 22.5 Å². The predicted molar refractivity (Wildman–Crippen MR) is 149 cm³/mol. The summed E-state index contributed by atoms with van der Waals surface area (Å²) in [7, 11) is -0.666. The van der Waals surface area contributed by atoms with E-state index in [2.05, 4.69) is 74.4 Å². The van der Waals surface area contributed by atoms with Crippen LogP contribution in [-0.4, -0.2) is 21.6 Å². The van der Waals surface area contributed by atoms with Crippen LogP contribution in [0.25, 0.3) is 0 Å². The Labute approximate surface area is 207 Å². The molecule has 0 bridgehead atoms. The molecule has 4 rings (SSSR count). The van der Waals surface area contributed by atoms with E-state index in [-0.39, 0.29) is 7.92 Å². The summed E-state index contributed by atoms with van der Waals surface area (Å²) >= 11 is 5.04. The van der Waals surface area contributed by atoms with E-state index < -0.39 is 8.47 Å². The fourth-order valence-corrected chi connectivity index (χ4v) is 14.9. The SMILES string of the molecule is C1CCC([PH+](C2CCCCC2)C2CCCCC2)CC1.[I][Ru]([I])=[CH]c1ccccc1. The molecule has 1 aromatic rings. The molecule has 4 heteroatoms. The van der Waals surface area contributed by atoms with Crippen molar-refractivity contribution in [3.8, 4) is 0 Å². The average molecular weight is 726 g/mol. The van der Waals surface area contributed by atoms with Crippen molar-refractivity contribution >= 4 is 52.0 Å². The molecule has 0 N–H and O–H groups in total. The molecule has 3 aliphatic carbocycles. The number of hydrogen-bond acceptors (Lipinski definition) is 0. The molecule has 29 heavy (non-hydrogen) atoms. The van der Waals surface area contributed by atoms with Gasteiger partial charge in [0.25, 0.3) is 0 Å². The van der Waals surface area contributed by atoms with Gasteiger partial charge in [-0.2, -0.15) is 0 Å². The van der Waals surface area contributed by atoms with Crippen molar-refractivity contribution in [1.29, 1.82) is 0 Å². The Bertz CT molecular complexity index is 541. The van der Waals surface area contributed by atoms with Gasteiger partial charge in [-0.25, -0.2) is 0 Å². The Morgan fingerprint density at radius 1 is 0.621 bits per heavy atom. The van der Waals surface area contributed by atoms with Gasteiger partial charge in [0.05, 0.1) is 17.0 Å². The standard InChI is InChI=1S/C18H33P.C7H6.2HI.Ru/c1-4-10-16(11-5-1)19(17-12-6-2-7-13-17)18-14-8-3-9-15-18;1-7-5-3-2-4-6-7;;;/h16-18H,1-15H2;1-6H;2*1H;/q;;;;+2/p-1.